The number of aryl methyl sites for hydroxylation is 1. The fraction of sp³-hybridized carbons (Fsp3) is 0.651. The van der Waals surface area contributed by atoms with Crippen molar-refractivity contribution in [1.82, 2.24) is 14.6 Å². The highest BCUT2D eigenvalue weighted by atomic mass is 32.2. The normalized spacial score (nSPS) is 31.1. The number of amides is 2. The van der Waals surface area contributed by atoms with E-state index in [0.29, 0.717) is 44.1 Å². The fourth-order valence-electron chi connectivity index (χ4n) is 8.94. The zero-order valence-corrected chi connectivity index (χ0v) is 34.4. The van der Waals surface area contributed by atoms with Crippen LogP contribution in [0.3, 0.4) is 0 Å². The molecule has 7 rings (SSSR count). The molecule has 2 amide bonds. The van der Waals surface area contributed by atoms with E-state index in [1.54, 1.807) is 32.6 Å². The van der Waals surface area contributed by atoms with Crippen molar-refractivity contribution in [1.29, 1.82) is 0 Å². The molecule has 56 heavy (non-hydrogen) atoms. The van der Waals surface area contributed by atoms with Crippen molar-refractivity contribution in [3.8, 4) is 11.8 Å². The minimum absolute atomic E-state index is 0.0611. The van der Waals surface area contributed by atoms with E-state index in [9.17, 15) is 27.6 Å². The van der Waals surface area contributed by atoms with Gasteiger partial charge < -0.3 is 19.1 Å². The average molecular weight is 792 g/mol. The Labute approximate surface area is 330 Å². The van der Waals surface area contributed by atoms with Gasteiger partial charge in [0.05, 0.1) is 41.7 Å². The van der Waals surface area contributed by atoms with Crippen LogP contribution in [0.5, 0.6) is 11.8 Å². The summed E-state index contributed by atoms with van der Waals surface area (Å²) < 4.78 is 46.2. The summed E-state index contributed by atoms with van der Waals surface area (Å²) in [5.41, 5.74) is -0.990. The third-order valence-corrected chi connectivity index (χ3v) is 14.8. The van der Waals surface area contributed by atoms with Gasteiger partial charge in [0.15, 0.2) is 5.78 Å². The highest BCUT2D eigenvalue weighted by Crippen LogP contribution is 2.58. The molecule has 2 saturated carbocycles. The van der Waals surface area contributed by atoms with Gasteiger partial charge in [0, 0.05) is 23.8 Å². The number of Topliss-reactive ketones (excluding diaryl/α,β-unsaturated/α-hetero) is 1. The molecule has 3 aliphatic heterocycles. The van der Waals surface area contributed by atoms with Gasteiger partial charge in [0.2, 0.25) is 33.6 Å². The van der Waals surface area contributed by atoms with E-state index in [1.807, 2.05) is 43.3 Å². The summed E-state index contributed by atoms with van der Waals surface area (Å²) in [6.45, 7) is 11.7. The van der Waals surface area contributed by atoms with Gasteiger partial charge in [0.1, 0.15) is 11.7 Å². The first-order valence-corrected chi connectivity index (χ1v) is 21.9. The molecule has 4 heterocycles. The van der Waals surface area contributed by atoms with Crippen LogP contribution in [-0.2, 0) is 40.4 Å². The summed E-state index contributed by atoms with van der Waals surface area (Å²) in [4.78, 5) is 63.4. The van der Waals surface area contributed by atoms with Gasteiger partial charge in [-0.05, 0) is 108 Å². The molecule has 1 saturated heterocycles. The predicted octanol–water partition coefficient (Wildman–Crippen LogP) is 6.23. The molecule has 0 bridgehead atoms. The van der Waals surface area contributed by atoms with E-state index in [-0.39, 0.29) is 55.3 Å². The average Bonchev–Trinajstić information content (AvgIpc) is 4.01. The molecule has 2 aromatic rings. The van der Waals surface area contributed by atoms with Gasteiger partial charge in [-0.1, -0.05) is 44.2 Å². The van der Waals surface area contributed by atoms with Gasteiger partial charge in [-0.15, -0.1) is 0 Å². The van der Waals surface area contributed by atoms with E-state index in [4.69, 9.17) is 19.2 Å². The van der Waals surface area contributed by atoms with Crippen LogP contribution in [-0.4, -0.2) is 77.5 Å². The van der Waals surface area contributed by atoms with Gasteiger partial charge in [-0.3, -0.25) is 23.9 Å². The van der Waals surface area contributed by atoms with Crippen LogP contribution in [0.1, 0.15) is 111 Å². The molecule has 304 valence electrons. The Bertz CT molecular complexity index is 2040. The molecule has 1 aromatic heterocycles. The first kappa shape index (κ1) is 40.2. The number of rotatable bonds is 7. The Hall–Kier alpha value is -4.00. The van der Waals surface area contributed by atoms with E-state index in [2.05, 4.69) is 11.6 Å². The molecule has 5 aliphatic rings. The quantitative estimate of drug-likeness (QED) is 0.252. The Kier molecular flexibility index (Phi) is 10.8. The predicted molar refractivity (Wildman–Crippen MR) is 210 cm³/mol. The van der Waals surface area contributed by atoms with Crippen molar-refractivity contribution in [2.75, 3.05) is 13.2 Å². The van der Waals surface area contributed by atoms with E-state index in [1.165, 1.54) is 0 Å². The fourth-order valence-corrected chi connectivity index (χ4v) is 10.3. The molecule has 0 unspecified atom stereocenters. The number of esters is 1. The van der Waals surface area contributed by atoms with Gasteiger partial charge in [-0.2, -0.15) is 4.98 Å². The van der Waals surface area contributed by atoms with Crippen molar-refractivity contribution >= 4 is 44.4 Å². The number of sulfonamides is 1. The number of ketones is 1. The van der Waals surface area contributed by atoms with E-state index < -0.39 is 55.7 Å². The molecule has 0 radical (unpaired) electrons. The maximum Gasteiger partial charge on any atom is 0.307 e. The van der Waals surface area contributed by atoms with Gasteiger partial charge >= 0.3 is 5.97 Å². The third-order valence-electron chi connectivity index (χ3n) is 12.6. The summed E-state index contributed by atoms with van der Waals surface area (Å²) in [5.74, 6) is -2.07. The zero-order valence-electron chi connectivity index (χ0n) is 33.6. The monoisotopic (exact) mass is 791 g/mol. The van der Waals surface area contributed by atoms with Crippen LogP contribution >= 0.6 is 0 Å². The lowest BCUT2D eigenvalue weighted by Gasteiger charge is -2.32. The number of benzene rings is 1. The number of aromatic nitrogens is 1. The molecule has 3 fully saturated rings. The zero-order chi connectivity index (χ0) is 40.2. The maximum atomic E-state index is 14.9. The lowest BCUT2D eigenvalue weighted by molar-refractivity contribution is -0.160. The molecule has 1 aromatic carbocycles. The summed E-state index contributed by atoms with van der Waals surface area (Å²) in [5, 5.41) is 1.78. The second-order valence-corrected chi connectivity index (χ2v) is 20.6. The SMILES string of the molecule is C[C@H]1CC/C=C\[C@@H]2C[C@@]2(C(=O)NS(=O)(=O)C2(C)CC2)CC(=O)[C@@H]2C[C@@H](Oc3nc4c(c5ccccc35)CCCO4)CN2C(=O)[C@@H](CC(=O)OC(C)(C)C)[C@H](C)C1. The summed E-state index contributed by atoms with van der Waals surface area (Å²) in [6, 6.07) is 6.85. The summed E-state index contributed by atoms with van der Waals surface area (Å²) in [7, 11) is -3.95. The lowest BCUT2D eigenvalue weighted by atomic mass is 9.82. The van der Waals surface area contributed by atoms with Crippen LogP contribution in [0.15, 0.2) is 36.4 Å². The molecule has 12 nitrogen and oxygen atoms in total. The molecular weight excluding hydrogens is 735 g/mol. The number of fused-ring (bicyclic) bond motifs is 5. The largest absolute Gasteiger partial charge is 0.477 e. The molecule has 13 heteroatoms. The molecule has 2 aliphatic carbocycles. The van der Waals surface area contributed by atoms with Crippen molar-refractivity contribution < 1.29 is 41.8 Å². The summed E-state index contributed by atoms with van der Waals surface area (Å²) in [6.07, 6.45) is 8.27. The summed E-state index contributed by atoms with van der Waals surface area (Å²) >= 11 is 0. The minimum Gasteiger partial charge on any atom is -0.477 e. The Balaban J connectivity index is 1.24. The molecule has 7 atom stereocenters. The first-order valence-electron chi connectivity index (χ1n) is 20.4. The second kappa shape index (κ2) is 15.1. The number of carbonyl (C=O) groups excluding carboxylic acids is 4. The Morgan fingerprint density at radius 3 is 2.54 bits per heavy atom. The van der Waals surface area contributed by atoms with Crippen LogP contribution in [0.25, 0.3) is 10.8 Å². The smallest absolute Gasteiger partial charge is 0.307 e. The van der Waals surface area contributed by atoms with Crippen LogP contribution in [0, 0.1) is 29.1 Å². The van der Waals surface area contributed by atoms with Crippen LogP contribution in [0.4, 0.5) is 0 Å². The van der Waals surface area contributed by atoms with Crippen LogP contribution in [0.2, 0.25) is 0 Å². The number of allylic oxidation sites excluding steroid dienone is 2. The number of carbonyl (C=O) groups is 4. The van der Waals surface area contributed by atoms with E-state index in [0.717, 1.165) is 42.0 Å². The first-order chi connectivity index (χ1) is 26.4. The Morgan fingerprint density at radius 2 is 1.82 bits per heavy atom. The number of hydrogen-bond donors (Lipinski definition) is 1. The minimum atomic E-state index is -3.95. The number of hydrogen-bond acceptors (Lipinski definition) is 10. The van der Waals surface area contributed by atoms with Crippen molar-refractivity contribution in [3.05, 3.63) is 42.0 Å². The maximum absolute atomic E-state index is 14.9. The van der Waals surface area contributed by atoms with Crippen molar-refractivity contribution in [2.45, 2.75) is 135 Å². The Morgan fingerprint density at radius 1 is 1.09 bits per heavy atom. The molecular formula is C43H57N3O9S. The topological polar surface area (TPSA) is 158 Å². The second-order valence-electron chi connectivity index (χ2n) is 18.4. The number of nitrogens with zero attached hydrogens (tertiary/aromatic N) is 2. The highest BCUT2D eigenvalue weighted by Gasteiger charge is 2.62. The molecule has 1 N–H and O–H groups in total. The standard InChI is InChI=1S/C43H57N3O9S/c1-26-12-7-8-13-28-23-43(28,40(50)45-56(51,52)42(6)17-18-42)24-35(47)34-21-29(25-46(34)39(49)33(27(2)20-26)22-36(48)55-41(3,4)5)54-38-32-15-10-9-14-30(32)31-16-11-19-53-37(31)44-38/h8-10,13-15,26-29,33-34H,7,11-12,16-25H2,1-6H3,(H,45,50)/b13-8-/t26-,27+,28+,29+,33-,34-,43+/m0/s1. The number of ether oxygens (including phenoxy) is 3. The van der Waals surface area contributed by atoms with Crippen molar-refractivity contribution in [3.63, 3.8) is 0 Å². The van der Waals surface area contributed by atoms with Crippen molar-refractivity contribution in [2.24, 2.45) is 29.1 Å². The highest BCUT2D eigenvalue weighted by molar-refractivity contribution is 7.91. The lowest BCUT2D eigenvalue weighted by Crippen LogP contribution is -2.48. The number of nitrogens with one attached hydrogen (secondary N) is 1. The van der Waals surface area contributed by atoms with Gasteiger partial charge in [0.25, 0.3) is 0 Å². The van der Waals surface area contributed by atoms with E-state index >= 15 is 0 Å². The van der Waals surface area contributed by atoms with Crippen LogP contribution < -0.4 is 14.2 Å². The molecule has 0 spiro atoms. The third kappa shape index (κ3) is 8.20. The number of pyridine rings is 1. The van der Waals surface area contributed by atoms with Gasteiger partial charge in [-0.25, -0.2) is 8.42 Å².